The van der Waals surface area contributed by atoms with E-state index in [2.05, 4.69) is 83.1 Å². The molecule has 0 aliphatic heterocycles. The summed E-state index contributed by atoms with van der Waals surface area (Å²) in [6.07, 6.45) is 2.54. The van der Waals surface area contributed by atoms with E-state index in [-0.39, 0.29) is 11.9 Å². The lowest BCUT2D eigenvalue weighted by Gasteiger charge is -2.27. The van der Waals surface area contributed by atoms with Crippen molar-refractivity contribution >= 4 is 44.3 Å². The van der Waals surface area contributed by atoms with Crippen LogP contribution in [0.5, 0.6) is 0 Å². The van der Waals surface area contributed by atoms with Crippen molar-refractivity contribution in [3.63, 3.8) is 0 Å². The van der Waals surface area contributed by atoms with Crippen molar-refractivity contribution in [1.29, 1.82) is 0 Å². The third kappa shape index (κ3) is 3.87. The average molecular weight is 451 g/mol. The molecule has 5 heteroatoms. The molecule has 2 aromatic heterocycles. The Labute approximate surface area is 200 Å². The monoisotopic (exact) mass is 450 g/mol. The summed E-state index contributed by atoms with van der Waals surface area (Å²) >= 11 is 0. The number of para-hydroxylation sites is 2. The molecule has 0 aliphatic carbocycles. The fraction of sp³-hybridized carbons (Fsp3) is 0.241. The molecule has 0 fully saturated rings. The fourth-order valence-corrected chi connectivity index (χ4v) is 4.83. The summed E-state index contributed by atoms with van der Waals surface area (Å²) in [5, 5.41) is 6.55. The minimum Gasteiger partial charge on any atom is -0.372 e. The molecule has 1 unspecified atom stereocenters. The number of anilines is 1. The quantitative estimate of drug-likeness (QED) is 0.330. The molecule has 0 saturated heterocycles. The van der Waals surface area contributed by atoms with Crippen molar-refractivity contribution in [1.82, 2.24) is 14.9 Å². The number of benzene rings is 3. The van der Waals surface area contributed by atoms with Crippen molar-refractivity contribution in [2.75, 3.05) is 18.5 Å². The molecule has 0 radical (unpaired) electrons. The summed E-state index contributed by atoms with van der Waals surface area (Å²) in [4.78, 5) is 19.5. The second-order valence-corrected chi connectivity index (χ2v) is 8.84. The molecule has 0 aliphatic rings. The van der Waals surface area contributed by atoms with Crippen LogP contribution in [0, 0.1) is 0 Å². The van der Waals surface area contributed by atoms with Gasteiger partial charge in [-0.05, 0) is 56.7 Å². The maximum atomic E-state index is 12.8. The predicted molar refractivity (Wildman–Crippen MR) is 142 cm³/mol. The maximum absolute atomic E-state index is 12.8. The molecule has 5 nitrogen and oxygen atoms in total. The van der Waals surface area contributed by atoms with Gasteiger partial charge in [-0.3, -0.25) is 9.78 Å². The Morgan fingerprint density at radius 2 is 1.71 bits per heavy atom. The second-order valence-electron chi connectivity index (χ2n) is 8.84. The van der Waals surface area contributed by atoms with Crippen LogP contribution in [0.4, 0.5) is 5.69 Å². The Morgan fingerprint density at radius 3 is 2.53 bits per heavy atom. The lowest BCUT2D eigenvalue weighted by atomic mass is 10.1. The van der Waals surface area contributed by atoms with Gasteiger partial charge in [0.15, 0.2) is 0 Å². The second kappa shape index (κ2) is 9.18. The van der Waals surface area contributed by atoms with E-state index in [0.717, 1.165) is 23.9 Å². The zero-order chi connectivity index (χ0) is 23.7. The first-order valence-electron chi connectivity index (χ1n) is 11.9. The standard InChI is InChI=1S/C29H30N4O/c1-4-33-27-12-8-6-10-23(27)25-19-21(13-14-28(25)33)32(3)20(2)15-17-31-29(34)24-16-18-30-26-11-7-5-9-22(24)26/h5-14,16,18-20H,4,15,17H2,1-3H3,(H,31,34). The Morgan fingerprint density at radius 1 is 0.971 bits per heavy atom. The number of pyridine rings is 1. The maximum Gasteiger partial charge on any atom is 0.252 e. The Balaban J connectivity index is 1.29. The van der Waals surface area contributed by atoms with Gasteiger partial charge < -0.3 is 14.8 Å². The Kier molecular flexibility index (Phi) is 5.93. The van der Waals surface area contributed by atoms with E-state index in [1.807, 2.05) is 24.3 Å². The number of carbonyl (C=O) groups excluding carboxylic acids is 1. The van der Waals surface area contributed by atoms with Crippen molar-refractivity contribution in [3.05, 3.63) is 84.6 Å². The summed E-state index contributed by atoms with van der Waals surface area (Å²) in [5.74, 6) is -0.0535. The van der Waals surface area contributed by atoms with Crippen LogP contribution >= 0.6 is 0 Å². The number of aromatic nitrogens is 2. The summed E-state index contributed by atoms with van der Waals surface area (Å²) in [5.41, 5.74) is 5.24. The molecule has 34 heavy (non-hydrogen) atoms. The highest BCUT2D eigenvalue weighted by atomic mass is 16.1. The predicted octanol–water partition coefficient (Wildman–Crippen LogP) is 6.01. The van der Waals surface area contributed by atoms with Gasteiger partial charge in [0.25, 0.3) is 5.91 Å². The third-order valence-electron chi connectivity index (χ3n) is 6.88. The van der Waals surface area contributed by atoms with Crippen molar-refractivity contribution in [2.24, 2.45) is 0 Å². The van der Waals surface area contributed by atoms with Crippen LogP contribution in [-0.4, -0.2) is 35.1 Å². The lowest BCUT2D eigenvalue weighted by Crippen LogP contribution is -2.34. The molecular weight excluding hydrogens is 420 g/mol. The number of nitrogens with one attached hydrogen (secondary N) is 1. The van der Waals surface area contributed by atoms with Crippen molar-refractivity contribution in [3.8, 4) is 0 Å². The van der Waals surface area contributed by atoms with Crippen LogP contribution in [-0.2, 0) is 6.54 Å². The first kappa shape index (κ1) is 22.0. The minimum atomic E-state index is -0.0535. The number of aryl methyl sites for hydroxylation is 1. The molecule has 0 spiro atoms. The van der Waals surface area contributed by atoms with Crippen LogP contribution in [0.25, 0.3) is 32.7 Å². The summed E-state index contributed by atoms with van der Waals surface area (Å²) in [7, 11) is 2.13. The van der Waals surface area contributed by atoms with E-state index >= 15 is 0 Å². The van der Waals surface area contributed by atoms with Gasteiger partial charge in [0.05, 0.1) is 11.1 Å². The number of hydrogen-bond acceptors (Lipinski definition) is 3. The summed E-state index contributed by atoms with van der Waals surface area (Å²) in [6.45, 7) is 5.95. The van der Waals surface area contributed by atoms with Gasteiger partial charge in [0.1, 0.15) is 0 Å². The van der Waals surface area contributed by atoms with Crippen molar-refractivity contribution < 1.29 is 4.79 Å². The summed E-state index contributed by atoms with van der Waals surface area (Å²) in [6, 6.07) is 25.1. The minimum absolute atomic E-state index is 0.0535. The molecule has 1 amide bonds. The third-order valence-corrected chi connectivity index (χ3v) is 6.88. The van der Waals surface area contributed by atoms with Crippen molar-refractivity contribution in [2.45, 2.75) is 32.9 Å². The van der Waals surface area contributed by atoms with E-state index in [0.29, 0.717) is 12.1 Å². The summed E-state index contributed by atoms with van der Waals surface area (Å²) < 4.78 is 2.37. The Bertz CT molecular complexity index is 1480. The van der Waals surface area contributed by atoms with Gasteiger partial charge in [-0.25, -0.2) is 0 Å². The SMILES string of the molecule is CCn1c2ccccc2c2cc(N(C)C(C)CCNC(=O)c3ccnc4ccccc34)ccc21. The van der Waals surface area contributed by atoms with E-state index in [1.54, 1.807) is 12.3 Å². The molecule has 172 valence electrons. The molecule has 0 bridgehead atoms. The molecule has 0 saturated carbocycles. The molecular formula is C29H30N4O. The number of amides is 1. The van der Waals surface area contributed by atoms with Crippen LogP contribution in [0.3, 0.4) is 0 Å². The van der Waals surface area contributed by atoms with Gasteiger partial charge in [-0.15, -0.1) is 0 Å². The number of hydrogen-bond donors (Lipinski definition) is 1. The van der Waals surface area contributed by atoms with E-state index in [4.69, 9.17) is 0 Å². The number of carbonyl (C=O) groups is 1. The molecule has 2 heterocycles. The lowest BCUT2D eigenvalue weighted by molar-refractivity contribution is 0.0954. The van der Waals surface area contributed by atoms with Gasteiger partial charge in [-0.2, -0.15) is 0 Å². The van der Waals surface area contributed by atoms with E-state index in [1.165, 1.54) is 27.5 Å². The fourth-order valence-electron chi connectivity index (χ4n) is 4.83. The first-order chi connectivity index (χ1) is 16.6. The Hall–Kier alpha value is -3.86. The largest absolute Gasteiger partial charge is 0.372 e. The smallest absolute Gasteiger partial charge is 0.252 e. The number of rotatable bonds is 7. The highest BCUT2D eigenvalue weighted by Gasteiger charge is 2.15. The molecule has 3 aromatic carbocycles. The number of nitrogens with zero attached hydrogens (tertiary/aromatic N) is 3. The zero-order valence-corrected chi connectivity index (χ0v) is 20.0. The first-order valence-corrected chi connectivity index (χ1v) is 11.9. The van der Waals surface area contributed by atoms with E-state index < -0.39 is 0 Å². The topological polar surface area (TPSA) is 50.2 Å². The normalized spacial score (nSPS) is 12.3. The van der Waals surface area contributed by atoms with Gasteiger partial charge in [-0.1, -0.05) is 36.4 Å². The van der Waals surface area contributed by atoms with Gasteiger partial charge in [0.2, 0.25) is 0 Å². The van der Waals surface area contributed by atoms with Crippen LogP contribution < -0.4 is 10.2 Å². The number of fused-ring (bicyclic) bond motifs is 4. The molecule has 1 atom stereocenters. The molecule has 5 aromatic rings. The highest BCUT2D eigenvalue weighted by molar-refractivity contribution is 6.09. The highest BCUT2D eigenvalue weighted by Crippen LogP contribution is 2.32. The van der Waals surface area contributed by atoms with Gasteiger partial charge in [0, 0.05) is 65.3 Å². The van der Waals surface area contributed by atoms with Gasteiger partial charge >= 0.3 is 0 Å². The van der Waals surface area contributed by atoms with Crippen LogP contribution in [0.1, 0.15) is 30.6 Å². The zero-order valence-electron chi connectivity index (χ0n) is 20.0. The molecule has 5 rings (SSSR count). The van der Waals surface area contributed by atoms with Crippen LogP contribution in [0.2, 0.25) is 0 Å². The average Bonchev–Trinajstić information content (AvgIpc) is 3.20. The molecule has 1 N–H and O–H groups in total. The van der Waals surface area contributed by atoms with Crippen LogP contribution in [0.15, 0.2) is 79.0 Å². The van der Waals surface area contributed by atoms with E-state index in [9.17, 15) is 4.79 Å².